The van der Waals surface area contributed by atoms with Gasteiger partial charge in [-0.1, -0.05) is 48.5 Å². The maximum absolute atomic E-state index is 13.4. The van der Waals surface area contributed by atoms with Gasteiger partial charge in [-0.2, -0.15) is 0 Å². The van der Waals surface area contributed by atoms with Crippen LogP contribution < -0.4 is 0 Å². The highest BCUT2D eigenvalue weighted by Gasteiger charge is 2.31. The molecule has 0 saturated carbocycles. The Morgan fingerprint density at radius 3 is 2.48 bits per heavy atom. The highest BCUT2D eigenvalue weighted by atomic mass is 16.2. The molecule has 2 aromatic carbocycles. The molecular weight excluding hydrogens is 310 g/mol. The largest absolute Gasteiger partial charge is 0.350 e. The van der Waals surface area contributed by atoms with Crippen molar-refractivity contribution in [1.82, 2.24) is 14.4 Å². The van der Waals surface area contributed by atoms with Crippen LogP contribution in [-0.4, -0.2) is 47.0 Å². The second-order valence-electron chi connectivity index (χ2n) is 6.86. The number of aryl methyl sites for hydroxylation is 1. The summed E-state index contributed by atoms with van der Waals surface area (Å²) < 4.78 is 2.04. The monoisotopic (exact) mass is 333 g/mol. The van der Waals surface area contributed by atoms with E-state index in [1.807, 2.05) is 59.1 Å². The molecular formula is C21H23N3O. The first kappa shape index (κ1) is 15.9. The number of piperazine rings is 1. The third kappa shape index (κ3) is 2.83. The Bertz CT molecular complexity index is 900. The Kier molecular flexibility index (Phi) is 4.06. The Hall–Kier alpha value is -2.59. The lowest BCUT2D eigenvalue weighted by Crippen LogP contribution is -2.49. The van der Waals surface area contributed by atoms with E-state index in [9.17, 15) is 4.79 Å². The minimum atomic E-state index is 0.0893. The summed E-state index contributed by atoms with van der Waals surface area (Å²) in [5.74, 6) is 0.124. The van der Waals surface area contributed by atoms with Gasteiger partial charge >= 0.3 is 0 Å². The molecule has 0 aliphatic carbocycles. The summed E-state index contributed by atoms with van der Waals surface area (Å²) >= 11 is 0. The zero-order valence-corrected chi connectivity index (χ0v) is 14.7. The van der Waals surface area contributed by atoms with Crippen molar-refractivity contribution >= 4 is 16.8 Å². The van der Waals surface area contributed by atoms with Gasteiger partial charge in [0, 0.05) is 43.8 Å². The van der Waals surface area contributed by atoms with E-state index in [-0.39, 0.29) is 11.9 Å². The summed E-state index contributed by atoms with van der Waals surface area (Å²) in [4.78, 5) is 17.7. The fourth-order valence-electron chi connectivity index (χ4n) is 3.79. The van der Waals surface area contributed by atoms with Crippen molar-refractivity contribution in [2.45, 2.75) is 6.04 Å². The van der Waals surface area contributed by atoms with Gasteiger partial charge in [-0.25, -0.2) is 0 Å². The van der Waals surface area contributed by atoms with Crippen molar-refractivity contribution in [2.75, 3.05) is 26.7 Å². The van der Waals surface area contributed by atoms with Gasteiger partial charge in [-0.15, -0.1) is 0 Å². The molecule has 1 unspecified atom stereocenters. The van der Waals surface area contributed by atoms with Crippen LogP contribution in [0.5, 0.6) is 0 Å². The number of fused-ring (bicyclic) bond motifs is 1. The predicted octanol–water partition coefficient (Wildman–Crippen LogP) is 3.31. The van der Waals surface area contributed by atoms with Crippen molar-refractivity contribution < 1.29 is 4.79 Å². The maximum atomic E-state index is 13.4. The molecule has 1 saturated heterocycles. The molecule has 4 heteroatoms. The van der Waals surface area contributed by atoms with Gasteiger partial charge in [0.1, 0.15) is 0 Å². The molecule has 0 spiro atoms. The minimum Gasteiger partial charge on any atom is -0.350 e. The lowest BCUT2D eigenvalue weighted by Gasteiger charge is -2.40. The van der Waals surface area contributed by atoms with Gasteiger partial charge in [0.25, 0.3) is 5.91 Å². The summed E-state index contributed by atoms with van der Waals surface area (Å²) in [6, 6.07) is 18.5. The summed E-state index contributed by atoms with van der Waals surface area (Å²) in [7, 11) is 4.12. The van der Waals surface area contributed by atoms with Crippen LogP contribution in [0.4, 0.5) is 0 Å². The van der Waals surface area contributed by atoms with E-state index >= 15 is 0 Å². The van der Waals surface area contributed by atoms with E-state index in [2.05, 4.69) is 30.1 Å². The van der Waals surface area contributed by atoms with Gasteiger partial charge in [0.15, 0.2) is 0 Å². The van der Waals surface area contributed by atoms with Crippen LogP contribution >= 0.6 is 0 Å². The van der Waals surface area contributed by atoms with Crippen LogP contribution in [0.3, 0.4) is 0 Å². The molecule has 4 nitrogen and oxygen atoms in total. The second-order valence-corrected chi connectivity index (χ2v) is 6.86. The smallest absolute Gasteiger partial charge is 0.256 e. The van der Waals surface area contributed by atoms with E-state index in [0.29, 0.717) is 0 Å². The van der Waals surface area contributed by atoms with Crippen molar-refractivity contribution in [3.63, 3.8) is 0 Å². The third-order valence-electron chi connectivity index (χ3n) is 5.16. The quantitative estimate of drug-likeness (QED) is 0.720. The fraction of sp³-hybridized carbons (Fsp3) is 0.286. The first-order valence-corrected chi connectivity index (χ1v) is 8.73. The molecule has 1 aliphatic rings. The average Bonchev–Trinajstić information content (AvgIpc) is 2.99. The number of hydrogen-bond acceptors (Lipinski definition) is 2. The lowest BCUT2D eigenvalue weighted by atomic mass is 10.0. The van der Waals surface area contributed by atoms with Gasteiger partial charge in [-0.3, -0.25) is 4.79 Å². The van der Waals surface area contributed by atoms with E-state index in [0.717, 1.165) is 36.1 Å². The number of para-hydroxylation sites is 1. The molecule has 1 fully saturated rings. The molecule has 1 aliphatic heterocycles. The molecule has 0 N–H and O–H groups in total. The van der Waals surface area contributed by atoms with E-state index in [1.54, 1.807) is 0 Å². The van der Waals surface area contributed by atoms with Gasteiger partial charge in [-0.05, 0) is 18.7 Å². The van der Waals surface area contributed by atoms with Gasteiger partial charge in [0.2, 0.25) is 0 Å². The predicted molar refractivity (Wildman–Crippen MR) is 101 cm³/mol. The highest BCUT2D eigenvalue weighted by Crippen LogP contribution is 2.29. The van der Waals surface area contributed by atoms with Crippen molar-refractivity contribution in [1.29, 1.82) is 0 Å². The highest BCUT2D eigenvalue weighted by molar-refractivity contribution is 6.07. The number of likely N-dealkylation sites (N-methyl/N-ethyl adjacent to an activating group) is 1. The lowest BCUT2D eigenvalue weighted by molar-refractivity contribution is 0.0500. The molecule has 0 bridgehead atoms. The van der Waals surface area contributed by atoms with Crippen molar-refractivity contribution in [3.8, 4) is 0 Å². The van der Waals surface area contributed by atoms with Crippen LogP contribution in [0.25, 0.3) is 10.9 Å². The minimum absolute atomic E-state index is 0.0893. The van der Waals surface area contributed by atoms with Crippen LogP contribution in [-0.2, 0) is 7.05 Å². The number of amides is 1. The van der Waals surface area contributed by atoms with E-state index < -0.39 is 0 Å². The van der Waals surface area contributed by atoms with Crippen LogP contribution in [0.2, 0.25) is 0 Å². The number of aromatic nitrogens is 1. The number of rotatable bonds is 2. The normalized spacial score (nSPS) is 18.6. The average molecular weight is 333 g/mol. The number of carbonyl (C=O) groups is 1. The standard InChI is InChI=1S/C21H23N3O/c1-22-12-13-24(20(15-22)16-8-4-3-5-9-16)21(25)18-14-23(2)19-11-7-6-10-17(18)19/h3-11,14,20H,12-13,15H2,1-2H3. The van der Waals surface area contributed by atoms with Gasteiger partial charge in [0.05, 0.1) is 11.6 Å². The molecule has 1 atom stereocenters. The number of carbonyl (C=O) groups excluding carboxylic acids is 1. The van der Waals surface area contributed by atoms with Crippen LogP contribution in [0.1, 0.15) is 22.0 Å². The fourth-order valence-corrected chi connectivity index (χ4v) is 3.79. The number of nitrogens with zero attached hydrogens (tertiary/aromatic N) is 3. The zero-order chi connectivity index (χ0) is 17.4. The Balaban J connectivity index is 1.74. The second kappa shape index (κ2) is 6.37. The van der Waals surface area contributed by atoms with Crippen LogP contribution in [0.15, 0.2) is 60.8 Å². The van der Waals surface area contributed by atoms with E-state index in [1.165, 1.54) is 5.56 Å². The van der Waals surface area contributed by atoms with E-state index in [4.69, 9.17) is 0 Å². The Morgan fingerprint density at radius 2 is 1.68 bits per heavy atom. The maximum Gasteiger partial charge on any atom is 0.256 e. The Labute approximate surface area is 148 Å². The SMILES string of the molecule is CN1CCN(C(=O)c2cn(C)c3ccccc23)C(c2ccccc2)C1. The van der Waals surface area contributed by atoms with Crippen molar-refractivity contribution in [3.05, 3.63) is 71.9 Å². The summed E-state index contributed by atoms with van der Waals surface area (Å²) in [6.07, 6.45) is 1.97. The molecule has 0 radical (unpaired) electrons. The summed E-state index contributed by atoms with van der Waals surface area (Å²) in [5.41, 5.74) is 3.09. The topological polar surface area (TPSA) is 28.5 Å². The molecule has 25 heavy (non-hydrogen) atoms. The summed E-state index contributed by atoms with van der Waals surface area (Å²) in [5, 5.41) is 1.03. The zero-order valence-electron chi connectivity index (χ0n) is 14.7. The van der Waals surface area contributed by atoms with Crippen LogP contribution in [0, 0.1) is 0 Å². The number of benzene rings is 2. The first-order chi connectivity index (χ1) is 12.1. The first-order valence-electron chi connectivity index (χ1n) is 8.73. The third-order valence-corrected chi connectivity index (χ3v) is 5.16. The molecule has 128 valence electrons. The Morgan fingerprint density at radius 1 is 0.960 bits per heavy atom. The number of hydrogen-bond donors (Lipinski definition) is 0. The molecule has 1 aromatic heterocycles. The van der Waals surface area contributed by atoms with Crippen molar-refractivity contribution in [2.24, 2.45) is 7.05 Å². The molecule has 4 rings (SSSR count). The molecule has 2 heterocycles. The summed E-state index contributed by atoms with van der Waals surface area (Å²) in [6.45, 7) is 2.51. The van der Waals surface area contributed by atoms with Gasteiger partial charge < -0.3 is 14.4 Å². The molecule has 1 amide bonds. The molecule has 3 aromatic rings.